The molecule has 0 amide bonds. The Hall–Kier alpha value is -1.31. The summed E-state index contributed by atoms with van der Waals surface area (Å²) in [7, 11) is 0. The van der Waals surface area contributed by atoms with Gasteiger partial charge in [-0.25, -0.2) is 4.99 Å². The highest BCUT2D eigenvalue weighted by atomic mass is 15.0. The smallest absolute Gasteiger partial charge is 0.257 e. The number of rotatable bonds is 0. The summed E-state index contributed by atoms with van der Waals surface area (Å²) in [6.45, 7) is 0. The van der Waals surface area contributed by atoms with Gasteiger partial charge in [0.15, 0.2) is 0 Å². The Balaban J connectivity index is 1.74. The van der Waals surface area contributed by atoms with Crippen molar-refractivity contribution in [3.8, 4) is 0 Å². The molecule has 98 valence electrons. The SMILES string of the molecule is NC1=[NH+]c2ccccc2C12C1CC3CC(C1)CC2C3. The van der Waals surface area contributed by atoms with Crippen LogP contribution in [0.25, 0.3) is 0 Å². The molecule has 4 bridgehead atoms. The van der Waals surface area contributed by atoms with Crippen LogP contribution in [0.2, 0.25) is 0 Å². The van der Waals surface area contributed by atoms with Gasteiger partial charge in [-0.1, -0.05) is 18.2 Å². The molecular formula is C17H21N2+. The first-order chi connectivity index (χ1) is 9.28. The molecule has 3 N–H and O–H groups in total. The Labute approximate surface area is 114 Å². The molecule has 4 saturated carbocycles. The molecule has 2 nitrogen and oxygen atoms in total. The van der Waals surface area contributed by atoms with Crippen molar-refractivity contribution in [2.75, 3.05) is 0 Å². The van der Waals surface area contributed by atoms with Crippen LogP contribution >= 0.6 is 0 Å². The lowest BCUT2D eigenvalue weighted by atomic mass is 9.44. The second-order valence-electron chi connectivity index (χ2n) is 7.26. The summed E-state index contributed by atoms with van der Waals surface area (Å²) in [4.78, 5) is 3.51. The van der Waals surface area contributed by atoms with E-state index in [1.807, 2.05) is 0 Å². The van der Waals surface area contributed by atoms with Gasteiger partial charge in [-0.15, -0.1) is 0 Å². The van der Waals surface area contributed by atoms with Crippen LogP contribution in [0.1, 0.15) is 37.7 Å². The van der Waals surface area contributed by atoms with E-state index in [2.05, 4.69) is 29.3 Å². The van der Waals surface area contributed by atoms with E-state index in [9.17, 15) is 0 Å². The maximum absolute atomic E-state index is 6.55. The van der Waals surface area contributed by atoms with Gasteiger partial charge in [0.05, 0.1) is 0 Å². The normalized spacial score (nSPS) is 45.6. The third-order valence-corrected chi connectivity index (χ3v) is 6.51. The predicted molar refractivity (Wildman–Crippen MR) is 75.0 cm³/mol. The molecule has 0 radical (unpaired) electrons. The Morgan fingerprint density at radius 3 is 2.26 bits per heavy atom. The summed E-state index contributed by atoms with van der Waals surface area (Å²) in [5, 5.41) is 0. The summed E-state index contributed by atoms with van der Waals surface area (Å²) in [6, 6.07) is 8.83. The van der Waals surface area contributed by atoms with Crippen molar-refractivity contribution in [3.05, 3.63) is 29.8 Å². The Morgan fingerprint density at radius 1 is 0.947 bits per heavy atom. The van der Waals surface area contributed by atoms with E-state index in [1.165, 1.54) is 43.4 Å². The Bertz CT molecular complexity index is 559. The minimum atomic E-state index is 0.171. The van der Waals surface area contributed by atoms with E-state index in [0.29, 0.717) is 0 Å². The van der Waals surface area contributed by atoms with Crippen LogP contribution in [0.3, 0.4) is 0 Å². The third-order valence-electron chi connectivity index (χ3n) is 6.51. The number of para-hydroxylation sites is 1. The van der Waals surface area contributed by atoms with Crippen molar-refractivity contribution in [2.45, 2.75) is 37.5 Å². The maximum Gasteiger partial charge on any atom is 0.257 e. The number of nitrogens with two attached hydrogens (primary N) is 1. The minimum absolute atomic E-state index is 0.171. The van der Waals surface area contributed by atoms with Crippen LogP contribution in [-0.4, -0.2) is 5.84 Å². The molecule has 1 aliphatic heterocycles. The van der Waals surface area contributed by atoms with Gasteiger partial charge in [0.1, 0.15) is 11.1 Å². The van der Waals surface area contributed by atoms with Crippen molar-refractivity contribution < 1.29 is 4.99 Å². The van der Waals surface area contributed by atoms with Crippen molar-refractivity contribution in [1.82, 2.24) is 0 Å². The van der Waals surface area contributed by atoms with Crippen molar-refractivity contribution in [2.24, 2.45) is 29.4 Å². The molecule has 0 saturated heterocycles. The largest absolute Gasteiger partial charge is 0.290 e. The molecule has 0 unspecified atom stereocenters. The van der Waals surface area contributed by atoms with E-state index >= 15 is 0 Å². The number of amidine groups is 1. The maximum atomic E-state index is 6.55. The number of nitrogens with one attached hydrogen (secondary N) is 1. The third kappa shape index (κ3) is 1.08. The van der Waals surface area contributed by atoms with E-state index in [1.54, 1.807) is 0 Å². The summed E-state index contributed by atoms with van der Waals surface area (Å²) in [5.41, 5.74) is 9.49. The van der Waals surface area contributed by atoms with Crippen LogP contribution in [0.4, 0.5) is 5.69 Å². The van der Waals surface area contributed by atoms with Crippen LogP contribution in [0.5, 0.6) is 0 Å². The highest BCUT2D eigenvalue weighted by molar-refractivity contribution is 5.93. The van der Waals surface area contributed by atoms with Gasteiger partial charge < -0.3 is 0 Å². The number of fused-ring (bicyclic) bond motifs is 1. The molecule has 1 aromatic rings. The lowest BCUT2D eigenvalue weighted by Crippen LogP contribution is -2.73. The van der Waals surface area contributed by atoms with Gasteiger partial charge in [0.25, 0.3) is 5.84 Å². The van der Waals surface area contributed by atoms with Crippen LogP contribution in [-0.2, 0) is 5.41 Å². The standard InChI is InChI=1S/C17H20N2/c18-16-17(14-3-1-2-4-15(14)19-16)12-6-10-5-11(8-12)9-13(17)7-10/h1-4,10-13H,5-9H2,(H2,18,19)/p+1. The zero-order valence-corrected chi connectivity index (χ0v) is 11.2. The average Bonchev–Trinajstić information content (AvgIpc) is 2.68. The lowest BCUT2D eigenvalue weighted by molar-refractivity contribution is -0.353. The highest BCUT2D eigenvalue weighted by Gasteiger charge is 2.64. The molecule has 4 aliphatic carbocycles. The van der Waals surface area contributed by atoms with Gasteiger partial charge in [-0.3, -0.25) is 5.73 Å². The molecule has 2 heteroatoms. The summed E-state index contributed by atoms with van der Waals surface area (Å²) < 4.78 is 0. The second-order valence-corrected chi connectivity index (χ2v) is 7.26. The van der Waals surface area contributed by atoms with E-state index in [0.717, 1.165) is 29.5 Å². The molecule has 5 aliphatic rings. The molecule has 0 aromatic heterocycles. The van der Waals surface area contributed by atoms with Gasteiger partial charge >= 0.3 is 0 Å². The monoisotopic (exact) mass is 253 g/mol. The van der Waals surface area contributed by atoms with E-state index in [-0.39, 0.29) is 5.41 Å². The molecule has 1 aromatic carbocycles. The molecule has 1 heterocycles. The van der Waals surface area contributed by atoms with Crippen LogP contribution in [0, 0.1) is 23.7 Å². The fraction of sp³-hybridized carbons (Fsp3) is 0.588. The quantitative estimate of drug-likeness (QED) is 0.722. The zero-order valence-electron chi connectivity index (χ0n) is 11.2. The fourth-order valence-corrected chi connectivity index (χ4v) is 6.15. The molecule has 19 heavy (non-hydrogen) atoms. The van der Waals surface area contributed by atoms with Crippen LogP contribution in [0.15, 0.2) is 24.3 Å². The first-order valence-electron chi connectivity index (χ1n) is 7.78. The number of benzene rings is 1. The average molecular weight is 253 g/mol. The first kappa shape index (κ1) is 10.5. The predicted octanol–water partition coefficient (Wildman–Crippen LogP) is 1.46. The van der Waals surface area contributed by atoms with Crippen molar-refractivity contribution >= 4 is 11.5 Å². The van der Waals surface area contributed by atoms with Crippen molar-refractivity contribution in [1.29, 1.82) is 0 Å². The highest BCUT2D eigenvalue weighted by Crippen LogP contribution is 2.63. The molecule has 0 atom stereocenters. The summed E-state index contributed by atoms with van der Waals surface area (Å²) in [6.07, 6.45) is 7.12. The van der Waals surface area contributed by atoms with Gasteiger partial charge in [-0.2, -0.15) is 0 Å². The van der Waals surface area contributed by atoms with Gasteiger partial charge in [-0.05, 0) is 61.8 Å². The Kier molecular flexibility index (Phi) is 1.78. The van der Waals surface area contributed by atoms with Crippen LogP contribution < -0.4 is 10.7 Å². The summed E-state index contributed by atoms with van der Waals surface area (Å²) >= 11 is 0. The van der Waals surface area contributed by atoms with Crippen molar-refractivity contribution in [3.63, 3.8) is 0 Å². The van der Waals surface area contributed by atoms with E-state index < -0.39 is 0 Å². The number of hydrogen-bond acceptors (Lipinski definition) is 1. The fourth-order valence-electron chi connectivity index (χ4n) is 6.15. The first-order valence-corrected chi connectivity index (χ1v) is 7.78. The summed E-state index contributed by atoms with van der Waals surface area (Å²) in [5.74, 6) is 4.63. The zero-order chi connectivity index (χ0) is 12.6. The molecule has 1 spiro atoms. The van der Waals surface area contributed by atoms with Gasteiger partial charge in [0.2, 0.25) is 0 Å². The van der Waals surface area contributed by atoms with E-state index in [4.69, 9.17) is 5.73 Å². The lowest BCUT2D eigenvalue weighted by Gasteiger charge is -2.58. The molecule has 4 fully saturated rings. The number of hydrogen-bond donors (Lipinski definition) is 2. The molecular weight excluding hydrogens is 232 g/mol. The van der Waals surface area contributed by atoms with Gasteiger partial charge in [0, 0.05) is 5.56 Å². The second kappa shape index (κ2) is 3.23. The minimum Gasteiger partial charge on any atom is -0.290 e. The Morgan fingerprint density at radius 2 is 1.58 bits per heavy atom. The molecule has 6 rings (SSSR count). The topological polar surface area (TPSA) is 40.0 Å².